The molecule has 0 radical (unpaired) electrons. The molecule has 1 aliphatic rings. The zero-order chi connectivity index (χ0) is 11.4. The second kappa shape index (κ2) is 4.65. The van der Waals surface area contributed by atoms with Gasteiger partial charge in [0.05, 0.1) is 6.54 Å². The molecular formula is C11H12N2O3. The molecule has 1 saturated heterocycles. The first kappa shape index (κ1) is 10.5. The number of rotatable bonds is 2. The molecule has 16 heavy (non-hydrogen) atoms. The average Bonchev–Trinajstić information content (AvgIpc) is 2.74. The van der Waals surface area contributed by atoms with Gasteiger partial charge in [0.15, 0.2) is 0 Å². The van der Waals surface area contributed by atoms with E-state index in [0.29, 0.717) is 13.0 Å². The van der Waals surface area contributed by atoms with Crippen molar-refractivity contribution in [3.63, 3.8) is 0 Å². The zero-order valence-corrected chi connectivity index (χ0v) is 8.68. The van der Waals surface area contributed by atoms with Gasteiger partial charge in [0.2, 0.25) is 5.91 Å². The second-order valence-corrected chi connectivity index (χ2v) is 3.48. The van der Waals surface area contributed by atoms with Crippen LogP contribution in [-0.2, 0) is 16.1 Å². The first-order chi connectivity index (χ1) is 7.75. The van der Waals surface area contributed by atoms with Crippen molar-refractivity contribution in [2.24, 2.45) is 0 Å². The fourth-order valence-electron chi connectivity index (χ4n) is 1.41. The highest BCUT2D eigenvalue weighted by molar-refractivity contribution is 5.82. The summed E-state index contributed by atoms with van der Waals surface area (Å²) >= 11 is 0. The number of hydrogen-bond donors (Lipinski definition) is 1. The van der Waals surface area contributed by atoms with E-state index >= 15 is 0 Å². The number of benzene rings is 1. The largest absolute Gasteiger partial charge is 0.443 e. The van der Waals surface area contributed by atoms with Crippen LogP contribution in [0.25, 0.3) is 0 Å². The molecule has 2 rings (SSSR count). The predicted molar refractivity (Wildman–Crippen MR) is 56.1 cm³/mol. The van der Waals surface area contributed by atoms with Gasteiger partial charge in [-0.15, -0.1) is 0 Å². The van der Waals surface area contributed by atoms with Crippen LogP contribution in [0.3, 0.4) is 0 Å². The third-order valence-electron chi connectivity index (χ3n) is 2.25. The highest BCUT2D eigenvalue weighted by Crippen LogP contribution is 2.05. The minimum absolute atomic E-state index is 0.156. The van der Waals surface area contributed by atoms with Crippen LogP contribution in [0.5, 0.6) is 0 Å². The van der Waals surface area contributed by atoms with Gasteiger partial charge in [0.1, 0.15) is 6.61 Å². The lowest BCUT2D eigenvalue weighted by Crippen LogP contribution is -2.38. The molecule has 0 aliphatic carbocycles. The molecule has 0 saturated carbocycles. The van der Waals surface area contributed by atoms with Crippen molar-refractivity contribution in [1.82, 2.24) is 10.4 Å². The summed E-state index contributed by atoms with van der Waals surface area (Å²) in [7, 11) is 0. The molecule has 2 amide bonds. The molecule has 5 nitrogen and oxygen atoms in total. The summed E-state index contributed by atoms with van der Waals surface area (Å²) in [5, 5.41) is 1.19. The van der Waals surface area contributed by atoms with Crippen LogP contribution in [0.4, 0.5) is 4.79 Å². The highest BCUT2D eigenvalue weighted by atomic mass is 16.6. The summed E-state index contributed by atoms with van der Waals surface area (Å²) in [4.78, 5) is 22.3. The Labute approximate surface area is 93.0 Å². The molecule has 1 fully saturated rings. The molecule has 1 aromatic rings. The minimum atomic E-state index is -0.519. The van der Waals surface area contributed by atoms with Crippen molar-refractivity contribution in [2.75, 3.05) is 6.54 Å². The lowest BCUT2D eigenvalue weighted by atomic mass is 10.2. The standard InChI is InChI=1S/C11H12N2O3/c14-10-6-7-13(12-10)11(15)16-8-9-4-2-1-3-5-9/h1-5H,6-8H2,(H,12,14). The molecule has 0 spiro atoms. The van der Waals surface area contributed by atoms with Crippen molar-refractivity contribution < 1.29 is 14.3 Å². The Hall–Kier alpha value is -2.04. The molecule has 5 heteroatoms. The van der Waals surface area contributed by atoms with Gasteiger partial charge in [0.25, 0.3) is 0 Å². The van der Waals surface area contributed by atoms with E-state index in [4.69, 9.17) is 4.74 Å². The van der Waals surface area contributed by atoms with Crippen LogP contribution in [-0.4, -0.2) is 23.6 Å². The monoisotopic (exact) mass is 220 g/mol. The van der Waals surface area contributed by atoms with E-state index in [1.54, 1.807) is 0 Å². The van der Waals surface area contributed by atoms with Crippen molar-refractivity contribution in [1.29, 1.82) is 0 Å². The van der Waals surface area contributed by atoms with Crippen molar-refractivity contribution in [2.45, 2.75) is 13.0 Å². The summed E-state index contributed by atoms with van der Waals surface area (Å²) in [5.74, 6) is -0.156. The Balaban J connectivity index is 1.82. The SMILES string of the molecule is O=C1CCN(C(=O)OCc2ccccc2)N1. The van der Waals surface area contributed by atoms with Crippen LogP contribution >= 0.6 is 0 Å². The first-order valence-corrected chi connectivity index (χ1v) is 5.03. The molecule has 84 valence electrons. The topological polar surface area (TPSA) is 58.6 Å². The van der Waals surface area contributed by atoms with Crippen LogP contribution in [0.15, 0.2) is 30.3 Å². The van der Waals surface area contributed by atoms with E-state index in [1.807, 2.05) is 30.3 Å². The molecule has 1 aromatic carbocycles. The first-order valence-electron chi connectivity index (χ1n) is 5.03. The van der Waals surface area contributed by atoms with Gasteiger partial charge in [0, 0.05) is 6.42 Å². The Bertz CT molecular complexity index is 391. The maximum absolute atomic E-state index is 11.5. The van der Waals surface area contributed by atoms with E-state index in [9.17, 15) is 9.59 Å². The van der Waals surface area contributed by atoms with Crippen molar-refractivity contribution >= 4 is 12.0 Å². The average molecular weight is 220 g/mol. The Morgan fingerprint density at radius 1 is 1.38 bits per heavy atom. The Morgan fingerprint density at radius 2 is 2.12 bits per heavy atom. The normalized spacial score (nSPS) is 14.8. The number of amides is 2. The van der Waals surface area contributed by atoms with E-state index in [0.717, 1.165) is 5.56 Å². The third-order valence-corrected chi connectivity index (χ3v) is 2.25. The number of ether oxygens (including phenoxy) is 1. The summed E-state index contributed by atoms with van der Waals surface area (Å²) in [6, 6.07) is 9.39. The lowest BCUT2D eigenvalue weighted by molar-refractivity contribution is -0.120. The van der Waals surface area contributed by atoms with Gasteiger partial charge >= 0.3 is 6.09 Å². The number of carbonyl (C=O) groups excluding carboxylic acids is 2. The van der Waals surface area contributed by atoms with Gasteiger partial charge in [-0.25, -0.2) is 9.80 Å². The molecule has 0 bridgehead atoms. The Kier molecular flexibility index (Phi) is 3.05. The maximum atomic E-state index is 11.5. The zero-order valence-electron chi connectivity index (χ0n) is 8.68. The van der Waals surface area contributed by atoms with E-state index in [-0.39, 0.29) is 12.5 Å². The summed E-state index contributed by atoms with van der Waals surface area (Å²) < 4.78 is 5.03. The molecule has 1 N–H and O–H groups in total. The number of carbonyl (C=O) groups is 2. The minimum Gasteiger partial charge on any atom is -0.443 e. The molecule has 0 aromatic heterocycles. The smallest absolute Gasteiger partial charge is 0.429 e. The maximum Gasteiger partial charge on any atom is 0.429 e. The van der Waals surface area contributed by atoms with Crippen LogP contribution < -0.4 is 5.43 Å². The van der Waals surface area contributed by atoms with Gasteiger partial charge in [-0.2, -0.15) is 0 Å². The van der Waals surface area contributed by atoms with Crippen LogP contribution in [0.2, 0.25) is 0 Å². The molecule has 0 unspecified atom stereocenters. The van der Waals surface area contributed by atoms with E-state index in [1.165, 1.54) is 5.01 Å². The van der Waals surface area contributed by atoms with Gasteiger partial charge in [-0.05, 0) is 5.56 Å². The van der Waals surface area contributed by atoms with Crippen molar-refractivity contribution in [3.05, 3.63) is 35.9 Å². The highest BCUT2D eigenvalue weighted by Gasteiger charge is 2.24. The fraction of sp³-hybridized carbons (Fsp3) is 0.273. The quantitative estimate of drug-likeness (QED) is 0.810. The molecule has 1 heterocycles. The molecular weight excluding hydrogens is 208 g/mol. The second-order valence-electron chi connectivity index (χ2n) is 3.48. The number of nitrogens with one attached hydrogen (secondary N) is 1. The van der Waals surface area contributed by atoms with E-state index in [2.05, 4.69) is 5.43 Å². The van der Waals surface area contributed by atoms with E-state index < -0.39 is 6.09 Å². The summed E-state index contributed by atoms with van der Waals surface area (Å²) in [5.41, 5.74) is 3.33. The van der Waals surface area contributed by atoms with Crippen molar-refractivity contribution in [3.8, 4) is 0 Å². The number of nitrogens with zero attached hydrogens (tertiary/aromatic N) is 1. The molecule has 0 atom stereocenters. The van der Waals surface area contributed by atoms with Gasteiger partial charge < -0.3 is 4.74 Å². The van der Waals surface area contributed by atoms with Gasteiger partial charge in [-0.1, -0.05) is 30.3 Å². The lowest BCUT2D eigenvalue weighted by Gasteiger charge is -2.14. The predicted octanol–water partition coefficient (Wildman–Crippen LogP) is 1.06. The third kappa shape index (κ3) is 2.50. The number of hydrazine groups is 1. The Morgan fingerprint density at radius 3 is 2.75 bits per heavy atom. The number of hydrogen-bond acceptors (Lipinski definition) is 3. The fourth-order valence-corrected chi connectivity index (χ4v) is 1.41. The summed E-state index contributed by atoms with van der Waals surface area (Å²) in [6.45, 7) is 0.582. The van der Waals surface area contributed by atoms with Crippen LogP contribution in [0.1, 0.15) is 12.0 Å². The van der Waals surface area contributed by atoms with Gasteiger partial charge in [-0.3, -0.25) is 10.2 Å². The molecule has 1 aliphatic heterocycles. The van der Waals surface area contributed by atoms with Crippen LogP contribution in [0, 0.1) is 0 Å². The summed E-state index contributed by atoms with van der Waals surface area (Å²) in [6.07, 6.45) is -0.185.